The Kier molecular flexibility index (Phi) is 6.33. The van der Waals surface area contributed by atoms with Crippen LogP contribution >= 0.6 is 11.6 Å². The molecule has 2 aliphatic rings. The van der Waals surface area contributed by atoms with Crippen molar-refractivity contribution in [1.82, 2.24) is 10.3 Å². The molecule has 0 spiro atoms. The van der Waals surface area contributed by atoms with E-state index in [9.17, 15) is 9.90 Å². The van der Waals surface area contributed by atoms with Gasteiger partial charge in [0.1, 0.15) is 11.0 Å². The van der Waals surface area contributed by atoms with Crippen LogP contribution in [-0.4, -0.2) is 46.1 Å². The van der Waals surface area contributed by atoms with Crippen molar-refractivity contribution in [3.05, 3.63) is 17.3 Å². The second-order valence-electron chi connectivity index (χ2n) is 10.9. The van der Waals surface area contributed by atoms with Gasteiger partial charge in [-0.2, -0.15) is 0 Å². The molecule has 1 aliphatic carbocycles. The van der Waals surface area contributed by atoms with Crippen molar-refractivity contribution >= 4 is 36.1 Å². The van der Waals surface area contributed by atoms with Gasteiger partial charge < -0.3 is 25.0 Å². The van der Waals surface area contributed by atoms with E-state index in [1.165, 1.54) is 0 Å². The normalized spacial score (nSPS) is 27.7. The lowest BCUT2D eigenvalue weighted by Gasteiger charge is -2.49. The minimum atomic E-state index is -0.968. The lowest BCUT2D eigenvalue weighted by molar-refractivity contribution is 0.00578. The number of carboxylic acid groups (broad SMARTS) is 1. The summed E-state index contributed by atoms with van der Waals surface area (Å²) in [5, 5.41) is 16.0. The van der Waals surface area contributed by atoms with E-state index in [1.807, 2.05) is 33.8 Å². The summed E-state index contributed by atoms with van der Waals surface area (Å²) in [5.41, 5.74) is -0.648. The van der Waals surface area contributed by atoms with Gasteiger partial charge in [-0.05, 0) is 76.4 Å². The molecule has 1 saturated carbocycles. The summed E-state index contributed by atoms with van der Waals surface area (Å²) in [6.45, 7) is 14.3. The number of hydrogen-bond acceptors (Lipinski definition) is 5. The summed E-state index contributed by atoms with van der Waals surface area (Å²) >= 11 is 6.31. The van der Waals surface area contributed by atoms with Gasteiger partial charge in [0.05, 0.1) is 11.2 Å². The zero-order chi connectivity index (χ0) is 23.2. The molecule has 0 bridgehead atoms. The van der Waals surface area contributed by atoms with Crippen molar-refractivity contribution in [2.24, 2.45) is 5.41 Å². The predicted molar refractivity (Wildman–Crippen MR) is 124 cm³/mol. The first-order valence-electron chi connectivity index (χ1n) is 10.9. The molecule has 1 aromatic heterocycles. The third kappa shape index (κ3) is 4.96. The lowest BCUT2D eigenvalue weighted by Crippen LogP contribution is -2.59. The second-order valence-corrected chi connectivity index (χ2v) is 11.3. The molecule has 1 aromatic rings. The van der Waals surface area contributed by atoms with Gasteiger partial charge in [-0.25, -0.2) is 9.78 Å². The van der Waals surface area contributed by atoms with Gasteiger partial charge in [-0.15, -0.1) is 0 Å². The minimum absolute atomic E-state index is 0.172. The molecule has 9 heteroatoms. The molecular formula is C22H35BClN3O4. The molecule has 2 fully saturated rings. The van der Waals surface area contributed by atoms with Crippen LogP contribution in [0, 0.1) is 5.41 Å². The molecule has 0 aromatic carbocycles. The van der Waals surface area contributed by atoms with Crippen molar-refractivity contribution in [2.75, 3.05) is 5.32 Å². The summed E-state index contributed by atoms with van der Waals surface area (Å²) < 4.78 is 12.3. The van der Waals surface area contributed by atoms with Gasteiger partial charge in [0.15, 0.2) is 0 Å². The van der Waals surface area contributed by atoms with Gasteiger partial charge >= 0.3 is 13.2 Å². The topological polar surface area (TPSA) is 92.7 Å². The molecule has 0 atom stereocenters. The van der Waals surface area contributed by atoms with Gasteiger partial charge in [0, 0.05) is 11.6 Å². The van der Waals surface area contributed by atoms with E-state index in [0.29, 0.717) is 11.0 Å². The van der Waals surface area contributed by atoms with Crippen LogP contribution < -0.4 is 16.1 Å². The first-order valence-corrected chi connectivity index (χ1v) is 11.3. The Morgan fingerprint density at radius 3 is 2.19 bits per heavy atom. The summed E-state index contributed by atoms with van der Waals surface area (Å²) in [7, 11) is -0.509. The van der Waals surface area contributed by atoms with Crippen molar-refractivity contribution in [3.63, 3.8) is 0 Å². The van der Waals surface area contributed by atoms with E-state index in [-0.39, 0.29) is 11.5 Å². The maximum Gasteiger partial charge on any atom is 0.495 e. The monoisotopic (exact) mass is 451 g/mol. The van der Waals surface area contributed by atoms with E-state index in [1.54, 1.807) is 6.07 Å². The van der Waals surface area contributed by atoms with Crippen LogP contribution in [0.1, 0.15) is 74.1 Å². The van der Waals surface area contributed by atoms with E-state index in [0.717, 1.165) is 31.1 Å². The highest BCUT2D eigenvalue weighted by molar-refractivity contribution is 6.62. The molecular weight excluding hydrogens is 417 g/mol. The Morgan fingerprint density at radius 1 is 1.16 bits per heavy atom. The highest BCUT2D eigenvalue weighted by atomic mass is 35.5. The van der Waals surface area contributed by atoms with E-state index < -0.39 is 30.0 Å². The second kappa shape index (κ2) is 8.12. The number of carbonyl (C=O) groups is 1. The van der Waals surface area contributed by atoms with Gasteiger partial charge in [-0.3, -0.25) is 0 Å². The SMILES string of the molecule is CC(C)(C)C1(NC(=O)O)CCC(Nc2cc(B3OC(C)(C)C(C)(C)O3)cc(Cl)n2)CC1. The summed E-state index contributed by atoms with van der Waals surface area (Å²) in [5.74, 6) is 0.677. The van der Waals surface area contributed by atoms with Crippen molar-refractivity contribution in [3.8, 4) is 0 Å². The molecule has 1 amide bonds. The highest BCUT2D eigenvalue weighted by Crippen LogP contribution is 2.42. The average molecular weight is 452 g/mol. The number of halogens is 1. The van der Waals surface area contributed by atoms with Gasteiger partial charge in [0.2, 0.25) is 0 Å². The Balaban J connectivity index is 1.71. The Bertz CT molecular complexity index is 817. The molecule has 2 heterocycles. The molecule has 0 unspecified atom stereocenters. The van der Waals surface area contributed by atoms with Crippen LogP contribution in [0.25, 0.3) is 0 Å². The Labute approximate surface area is 190 Å². The quantitative estimate of drug-likeness (QED) is 0.463. The number of nitrogens with zero attached hydrogens (tertiary/aromatic N) is 1. The van der Waals surface area contributed by atoms with Crippen LogP contribution in [0.3, 0.4) is 0 Å². The number of rotatable bonds is 4. The molecule has 3 N–H and O–H groups in total. The summed E-state index contributed by atoms with van der Waals surface area (Å²) in [4.78, 5) is 15.8. The number of hydrogen-bond donors (Lipinski definition) is 3. The zero-order valence-corrected chi connectivity index (χ0v) is 20.4. The van der Waals surface area contributed by atoms with E-state index in [4.69, 9.17) is 20.9 Å². The van der Waals surface area contributed by atoms with Crippen molar-refractivity contribution in [1.29, 1.82) is 0 Å². The highest BCUT2D eigenvalue weighted by Gasteiger charge is 2.52. The number of anilines is 1. The van der Waals surface area contributed by atoms with E-state index >= 15 is 0 Å². The summed E-state index contributed by atoms with van der Waals surface area (Å²) in [6, 6.07) is 3.88. The van der Waals surface area contributed by atoms with Crippen LogP contribution in [-0.2, 0) is 9.31 Å². The third-order valence-corrected chi connectivity index (χ3v) is 7.51. The predicted octanol–water partition coefficient (Wildman–Crippen LogP) is 4.44. The molecule has 1 saturated heterocycles. The fraction of sp³-hybridized carbons (Fsp3) is 0.727. The van der Waals surface area contributed by atoms with Crippen molar-refractivity contribution in [2.45, 2.75) is 96.9 Å². The molecule has 0 radical (unpaired) electrons. The van der Waals surface area contributed by atoms with Crippen LogP contribution in [0.5, 0.6) is 0 Å². The first-order chi connectivity index (χ1) is 14.1. The minimum Gasteiger partial charge on any atom is -0.465 e. The fourth-order valence-corrected chi connectivity index (χ4v) is 4.65. The van der Waals surface area contributed by atoms with Crippen LogP contribution in [0.2, 0.25) is 5.15 Å². The van der Waals surface area contributed by atoms with Crippen molar-refractivity contribution < 1.29 is 19.2 Å². The smallest absolute Gasteiger partial charge is 0.465 e. The average Bonchev–Trinajstić information content (AvgIpc) is 2.82. The molecule has 3 rings (SSSR count). The number of pyridine rings is 1. The Morgan fingerprint density at radius 2 is 1.71 bits per heavy atom. The summed E-state index contributed by atoms with van der Waals surface area (Å²) in [6.07, 6.45) is 2.20. The van der Waals surface area contributed by atoms with Crippen LogP contribution in [0.4, 0.5) is 10.6 Å². The number of amides is 1. The van der Waals surface area contributed by atoms with Gasteiger partial charge in [-0.1, -0.05) is 32.4 Å². The lowest BCUT2D eigenvalue weighted by atomic mass is 9.64. The molecule has 172 valence electrons. The first kappa shape index (κ1) is 24.1. The van der Waals surface area contributed by atoms with Gasteiger partial charge in [0.25, 0.3) is 0 Å². The fourth-order valence-electron chi connectivity index (χ4n) is 4.44. The van der Waals surface area contributed by atoms with Crippen LogP contribution in [0.15, 0.2) is 12.1 Å². The Hall–Kier alpha value is -1.51. The number of nitrogens with one attached hydrogen (secondary N) is 2. The largest absolute Gasteiger partial charge is 0.495 e. The maximum absolute atomic E-state index is 11.4. The third-order valence-electron chi connectivity index (χ3n) is 7.31. The maximum atomic E-state index is 11.4. The standard InChI is InChI=1S/C22H35BClN3O4/c1-19(2,3)22(27-18(28)29)10-8-15(9-11-22)25-17-13-14(12-16(24)26-17)23-30-20(4,5)21(6,7)31-23/h12-13,15,27H,8-11H2,1-7H3,(H,25,26)(H,28,29). The zero-order valence-electron chi connectivity index (χ0n) is 19.6. The van der Waals surface area contributed by atoms with E-state index in [2.05, 4.69) is 36.4 Å². The molecule has 1 aliphatic heterocycles. The number of aromatic nitrogens is 1. The molecule has 31 heavy (non-hydrogen) atoms. The molecule has 7 nitrogen and oxygen atoms in total.